The molecule has 0 atom stereocenters. The lowest BCUT2D eigenvalue weighted by Gasteiger charge is -2.20. The molecule has 0 bridgehead atoms. The number of nitrogens with zero attached hydrogens (tertiary/aromatic N) is 3. The third-order valence-electron chi connectivity index (χ3n) is 5.69. The summed E-state index contributed by atoms with van der Waals surface area (Å²) in [6.45, 7) is 8.91. The van der Waals surface area contributed by atoms with Gasteiger partial charge in [0, 0.05) is 24.2 Å². The lowest BCUT2D eigenvalue weighted by atomic mass is 9.91. The van der Waals surface area contributed by atoms with Crippen LogP contribution in [0, 0.1) is 0 Å². The van der Waals surface area contributed by atoms with Crippen LogP contribution in [0.25, 0.3) is 39.1 Å². The van der Waals surface area contributed by atoms with E-state index in [4.69, 9.17) is 14.4 Å². The predicted octanol–water partition coefficient (Wildman–Crippen LogP) is 7.08. The molecule has 4 nitrogen and oxygen atoms in total. The molecule has 3 aromatic heterocycles. The van der Waals surface area contributed by atoms with Gasteiger partial charge in [-0.1, -0.05) is 58.0 Å². The molecule has 3 heterocycles. The smallest absolute Gasteiger partial charge is 0.153 e. The van der Waals surface area contributed by atoms with Gasteiger partial charge in [-0.3, -0.25) is 9.55 Å². The molecular formula is C26H25N3O. The Morgan fingerprint density at radius 2 is 1.60 bits per heavy atom. The van der Waals surface area contributed by atoms with E-state index in [0.717, 1.165) is 39.1 Å². The van der Waals surface area contributed by atoms with Gasteiger partial charge >= 0.3 is 0 Å². The van der Waals surface area contributed by atoms with Gasteiger partial charge in [0.25, 0.3) is 0 Å². The average molecular weight is 396 g/mol. The second-order valence-corrected chi connectivity index (χ2v) is 8.36. The van der Waals surface area contributed by atoms with Crippen molar-refractivity contribution in [2.75, 3.05) is 0 Å². The van der Waals surface area contributed by atoms with Crippen LogP contribution in [-0.2, 0) is 0 Å². The minimum Gasteiger partial charge on any atom is -0.454 e. The predicted molar refractivity (Wildman–Crippen MR) is 122 cm³/mol. The molecule has 0 amide bonds. The van der Waals surface area contributed by atoms with E-state index >= 15 is 0 Å². The van der Waals surface area contributed by atoms with Crippen molar-refractivity contribution >= 4 is 22.1 Å². The number of hydrogen-bond donors (Lipinski definition) is 0. The van der Waals surface area contributed by atoms with Gasteiger partial charge in [-0.15, -0.1) is 0 Å². The molecule has 150 valence electrons. The van der Waals surface area contributed by atoms with E-state index < -0.39 is 0 Å². The first-order chi connectivity index (χ1) is 14.6. The largest absolute Gasteiger partial charge is 0.454 e. The maximum Gasteiger partial charge on any atom is 0.153 e. The SMILES string of the molecule is CC(C)c1cc(C(C)C)c2oc3cccnc3c2c1-n1ccnc1-c1ccccc1. The van der Waals surface area contributed by atoms with Crippen LogP contribution in [0.2, 0.25) is 0 Å². The summed E-state index contributed by atoms with van der Waals surface area (Å²) in [5, 5.41) is 1.07. The second-order valence-electron chi connectivity index (χ2n) is 8.36. The van der Waals surface area contributed by atoms with Crippen molar-refractivity contribution in [3.63, 3.8) is 0 Å². The highest BCUT2D eigenvalue weighted by Gasteiger charge is 2.24. The number of imidazole rings is 1. The van der Waals surface area contributed by atoms with Gasteiger partial charge in [0.15, 0.2) is 5.58 Å². The molecule has 5 rings (SSSR count). The normalized spacial score (nSPS) is 11.9. The van der Waals surface area contributed by atoms with Crippen molar-refractivity contribution in [3.8, 4) is 17.1 Å². The topological polar surface area (TPSA) is 43.9 Å². The van der Waals surface area contributed by atoms with Crippen LogP contribution in [0.5, 0.6) is 0 Å². The summed E-state index contributed by atoms with van der Waals surface area (Å²) in [7, 11) is 0. The van der Waals surface area contributed by atoms with Gasteiger partial charge in [0.1, 0.15) is 16.9 Å². The lowest BCUT2D eigenvalue weighted by Crippen LogP contribution is -2.05. The molecule has 0 saturated carbocycles. The standard InChI is InChI=1S/C26H25N3O/c1-16(2)19-15-20(17(3)4)25-22(23-21(30-25)11-8-12-27-23)24(19)29-14-13-28-26(29)18-9-6-5-7-10-18/h5-17H,1-4H3. The molecule has 0 aliphatic heterocycles. The maximum atomic E-state index is 6.37. The van der Waals surface area contributed by atoms with Crippen molar-refractivity contribution in [2.45, 2.75) is 39.5 Å². The Labute approximate surface area is 176 Å². The monoisotopic (exact) mass is 395 g/mol. The molecule has 30 heavy (non-hydrogen) atoms. The second kappa shape index (κ2) is 7.13. The van der Waals surface area contributed by atoms with Crippen LogP contribution in [0.4, 0.5) is 0 Å². The summed E-state index contributed by atoms with van der Waals surface area (Å²) < 4.78 is 8.56. The van der Waals surface area contributed by atoms with E-state index in [0.29, 0.717) is 11.8 Å². The summed E-state index contributed by atoms with van der Waals surface area (Å²) in [5.74, 6) is 1.60. The third kappa shape index (κ3) is 2.83. The molecule has 0 aliphatic carbocycles. The van der Waals surface area contributed by atoms with E-state index in [1.807, 2.05) is 48.9 Å². The summed E-state index contributed by atoms with van der Waals surface area (Å²) in [4.78, 5) is 9.42. The summed E-state index contributed by atoms with van der Waals surface area (Å²) >= 11 is 0. The number of furan rings is 1. The highest BCUT2D eigenvalue weighted by Crippen LogP contribution is 2.42. The molecule has 0 unspecified atom stereocenters. The fourth-order valence-electron chi connectivity index (χ4n) is 4.21. The third-order valence-corrected chi connectivity index (χ3v) is 5.69. The van der Waals surface area contributed by atoms with Crippen LogP contribution < -0.4 is 0 Å². The van der Waals surface area contributed by atoms with Crippen LogP contribution in [0.3, 0.4) is 0 Å². The number of fused-ring (bicyclic) bond motifs is 3. The molecule has 0 N–H and O–H groups in total. The van der Waals surface area contributed by atoms with E-state index in [-0.39, 0.29) is 0 Å². The van der Waals surface area contributed by atoms with Crippen LogP contribution in [-0.4, -0.2) is 14.5 Å². The lowest BCUT2D eigenvalue weighted by molar-refractivity contribution is 0.655. The Kier molecular flexibility index (Phi) is 4.43. The van der Waals surface area contributed by atoms with Crippen molar-refractivity contribution in [2.24, 2.45) is 0 Å². The molecular weight excluding hydrogens is 370 g/mol. The van der Waals surface area contributed by atoms with Gasteiger partial charge in [-0.05, 0) is 41.2 Å². The maximum absolute atomic E-state index is 6.37. The molecule has 4 heteroatoms. The highest BCUT2D eigenvalue weighted by molar-refractivity contribution is 6.09. The van der Waals surface area contributed by atoms with E-state index in [1.54, 1.807) is 0 Å². The first-order valence-corrected chi connectivity index (χ1v) is 10.5. The molecule has 0 fully saturated rings. The van der Waals surface area contributed by atoms with Crippen LogP contribution >= 0.6 is 0 Å². The Morgan fingerprint density at radius 1 is 0.833 bits per heavy atom. The Balaban J connectivity index is 1.95. The zero-order valence-corrected chi connectivity index (χ0v) is 17.8. The van der Waals surface area contributed by atoms with E-state index in [1.165, 1.54) is 11.1 Å². The number of hydrogen-bond acceptors (Lipinski definition) is 3. The van der Waals surface area contributed by atoms with E-state index in [9.17, 15) is 0 Å². The van der Waals surface area contributed by atoms with Crippen molar-refractivity contribution in [3.05, 3.63) is 78.2 Å². The molecule has 2 aromatic carbocycles. The zero-order chi connectivity index (χ0) is 20.8. The first-order valence-electron chi connectivity index (χ1n) is 10.5. The van der Waals surface area contributed by atoms with Crippen LogP contribution in [0.15, 0.2) is 71.5 Å². The number of rotatable bonds is 4. The molecule has 0 spiro atoms. The molecule has 0 saturated heterocycles. The van der Waals surface area contributed by atoms with Gasteiger partial charge in [-0.25, -0.2) is 4.98 Å². The minimum atomic E-state index is 0.335. The zero-order valence-electron chi connectivity index (χ0n) is 17.8. The van der Waals surface area contributed by atoms with Crippen molar-refractivity contribution in [1.82, 2.24) is 14.5 Å². The summed E-state index contributed by atoms with van der Waals surface area (Å²) in [5.41, 5.74) is 7.33. The van der Waals surface area contributed by atoms with Gasteiger partial charge < -0.3 is 4.42 Å². The van der Waals surface area contributed by atoms with Crippen molar-refractivity contribution in [1.29, 1.82) is 0 Å². The molecule has 0 radical (unpaired) electrons. The van der Waals surface area contributed by atoms with Gasteiger partial charge in [0.05, 0.1) is 11.1 Å². The minimum absolute atomic E-state index is 0.335. The van der Waals surface area contributed by atoms with Gasteiger partial charge in [-0.2, -0.15) is 0 Å². The summed E-state index contributed by atoms with van der Waals surface area (Å²) in [6, 6.07) is 16.5. The first kappa shape index (κ1) is 18.6. The fourth-order valence-corrected chi connectivity index (χ4v) is 4.21. The molecule has 0 aliphatic rings. The average Bonchev–Trinajstić information content (AvgIpc) is 3.38. The fraction of sp³-hybridized carbons (Fsp3) is 0.231. The highest BCUT2D eigenvalue weighted by atomic mass is 16.3. The number of benzene rings is 2. The number of pyridine rings is 1. The quantitative estimate of drug-likeness (QED) is 0.326. The van der Waals surface area contributed by atoms with Crippen LogP contribution in [0.1, 0.15) is 50.7 Å². The van der Waals surface area contributed by atoms with Crippen molar-refractivity contribution < 1.29 is 4.42 Å². The van der Waals surface area contributed by atoms with Gasteiger partial charge in [0.2, 0.25) is 0 Å². The number of aromatic nitrogens is 3. The Bertz CT molecular complexity index is 1340. The molecule has 5 aromatic rings. The van der Waals surface area contributed by atoms with E-state index in [2.05, 4.69) is 50.5 Å². The summed E-state index contributed by atoms with van der Waals surface area (Å²) in [6.07, 6.45) is 5.74. The Hall–Kier alpha value is -3.40. The Morgan fingerprint density at radius 3 is 2.33 bits per heavy atom.